The number of nitrogens with one attached hydrogen (secondary N) is 1. The lowest BCUT2D eigenvalue weighted by molar-refractivity contribution is 0.297. The summed E-state index contributed by atoms with van der Waals surface area (Å²) in [5.74, 6) is 0.744. The summed E-state index contributed by atoms with van der Waals surface area (Å²) < 4.78 is 11.7. The van der Waals surface area contributed by atoms with Crippen LogP contribution < -0.4 is 15.5 Å². The molecule has 0 atom stereocenters. The Morgan fingerprint density at radius 2 is 1.81 bits per heavy atom. The third-order valence-corrected chi connectivity index (χ3v) is 5.18. The van der Waals surface area contributed by atoms with Crippen LogP contribution in [0.1, 0.15) is 38.5 Å². The minimum Gasteiger partial charge on any atom is -0.493 e. The molecule has 2 aromatic carbocycles. The van der Waals surface area contributed by atoms with E-state index in [4.69, 9.17) is 9.15 Å². The average molecular weight is 351 g/mol. The number of benzene rings is 2. The highest BCUT2D eigenvalue weighted by Gasteiger charge is 2.12. The van der Waals surface area contributed by atoms with E-state index in [0.29, 0.717) is 34.6 Å². The molecule has 0 amide bonds. The van der Waals surface area contributed by atoms with Gasteiger partial charge in [0, 0.05) is 12.1 Å². The van der Waals surface area contributed by atoms with Gasteiger partial charge in [-0.05, 0) is 50.1 Å². The molecule has 1 heterocycles. The van der Waals surface area contributed by atoms with Crippen LogP contribution in [0.15, 0.2) is 51.7 Å². The summed E-state index contributed by atoms with van der Waals surface area (Å²) in [6, 6.07) is 13.5. The average Bonchev–Trinajstić information content (AvgIpc) is 2.68. The van der Waals surface area contributed by atoms with Crippen molar-refractivity contribution in [3.8, 4) is 5.75 Å². The fourth-order valence-electron chi connectivity index (χ4n) is 3.75. The van der Waals surface area contributed by atoms with E-state index in [9.17, 15) is 4.79 Å². The van der Waals surface area contributed by atoms with Gasteiger partial charge >= 0.3 is 0 Å². The molecular weight excluding hydrogens is 326 g/mol. The van der Waals surface area contributed by atoms with E-state index in [2.05, 4.69) is 5.32 Å². The van der Waals surface area contributed by atoms with Gasteiger partial charge < -0.3 is 14.5 Å². The largest absolute Gasteiger partial charge is 0.493 e. The summed E-state index contributed by atoms with van der Waals surface area (Å²) in [6.45, 7) is 1.64. The first-order chi connectivity index (χ1) is 12.8. The molecule has 1 saturated carbocycles. The van der Waals surface area contributed by atoms with Crippen molar-refractivity contribution >= 4 is 21.9 Å². The highest BCUT2D eigenvalue weighted by atomic mass is 16.5. The molecule has 26 heavy (non-hydrogen) atoms. The van der Waals surface area contributed by atoms with Crippen molar-refractivity contribution in [1.29, 1.82) is 0 Å². The Bertz CT molecular complexity index is 941. The zero-order valence-corrected chi connectivity index (χ0v) is 15.0. The normalized spacial score (nSPS) is 15.5. The molecule has 0 saturated heterocycles. The zero-order valence-electron chi connectivity index (χ0n) is 15.0. The van der Waals surface area contributed by atoms with Crippen molar-refractivity contribution in [2.75, 3.05) is 13.2 Å². The number of ether oxygens (including phenoxy) is 1. The number of rotatable bonds is 6. The summed E-state index contributed by atoms with van der Waals surface area (Å²) in [5, 5.41) is 4.83. The summed E-state index contributed by atoms with van der Waals surface area (Å²) in [5.41, 5.74) is 1.19. The molecule has 1 aliphatic carbocycles. The quantitative estimate of drug-likeness (QED) is 0.519. The summed E-state index contributed by atoms with van der Waals surface area (Å²) >= 11 is 0. The predicted molar refractivity (Wildman–Crippen MR) is 105 cm³/mol. The SMILES string of the molecule is O=c1c2ccccc2oc2cc(OCCCNC3CCCCC3)ccc12. The van der Waals surface area contributed by atoms with Crippen LogP contribution in [0.2, 0.25) is 0 Å². The van der Waals surface area contributed by atoms with Crippen LogP contribution in [0.25, 0.3) is 21.9 Å². The van der Waals surface area contributed by atoms with Gasteiger partial charge in [0.05, 0.1) is 17.4 Å². The summed E-state index contributed by atoms with van der Waals surface area (Å²) in [7, 11) is 0. The first-order valence-electron chi connectivity index (χ1n) is 9.63. The third kappa shape index (κ3) is 3.75. The Kier molecular flexibility index (Phi) is 5.21. The molecule has 1 N–H and O–H groups in total. The molecule has 0 spiro atoms. The van der Waals surface area contributed by atoms with Gasteiger partial charge in [-0.3, -0.25) is 4.79 Å². The Hall–Kier alpha value is -2.33. The van der Waals surface area contributed by atoms with Crippen molar-refractivity contribution in [2.45, 2.75) is 44.6 Å². The molecule has 0 bridgehead atoms. The van der Waals surface area contributed by atoms with E-state index >= 15 is 0 Å². The maximum Gasteiger partial charge on any atom is 0.200 e. The molecule has 3 aromatic rings. The van der Waals surface area contributed by atoms with E-state index < -0.39 is 0 Å². The van der Waals surface area contributed by atoms with Gasteiger partial charge in [0.15, 0.2) is 0 Å². The molecular formula is C22H25NO3. The minimum absolute atomic E-state index is 0.00471. The lowest BCUT2D eigenvalue weighted by Gasteiger charge is -2.22. The standard InChI is InChI=1S/C22H25NO3/c24-22-18-9-4-5-10-20(18)26-21-15-17(11-12-19(21)22)25-14-6-13-23-16-7-2-1-3-8-16/h4-5,9-12,15-16,23H,1-3,6-8,13-14H2. The van der Waals surface area contributed by atoms with Crippen molar-refractivity contribution < 1.29 is 9.15 Å². The number of fused-ring (bicyclic) bond motifs is 2. The molecule has 0 aliphatic heterocycles. The molecule has 4 heteroatoms. The fourth-order valence-corrected chi connectivity index (χ4v) is 3.75. The lowest BCUT2D eigenvalue weighted by atomic mass is 9.95. The van der Waals surface area contributed by atoms with Gasteiger partial charge in [0.1, 0.15) is 16.9 Å². The van der Waals surface area contributed by atoms with Gasteiger partial charge in [-0.15, -0.1) is 0 Å². The topological polar surface area (TPSA) is 51.5 Å². The molecule has 0 radical (unpaired) electrons. The van der Waals surface area contributed by atoms with E-state index in [0.717, 1.165) is 18.7 Å². The first-order valence-corrected chi connectivity index (χ1v) is 9.63. The van der Waals surface area contributed by atoms with Crippen LogP contribution in [0.3, 0.4) is 0 Å². The van der Waals surface area contributed by atoms with Crippen LogP contribution >= 0.6 is 0 Å². The smallest absolute Gasteiger partial charge is 0.200 e. The first kappa shape index (κ1) is 17.1. The zero-order chi connectivity index (χ0) is 17.8. The summed E-state index contributed by atoms with van der Waals surface area (Å²) in [6.07, 6.45) is 7.66. The van der Waals surface area contributed by atoms with Crippen LogP contribution in [-0.2, 0) is 0 Å². The molecule has 4 rings (SSSR count). The van der Waals surface area contributed by atoms with Crippen molar-refractivity contribution in [3.05, 3.63) is 52.7 Å². The van der Waals surface area contributed by atoms with Gasteiger partial charge in [-0.25, -0.2) is 0 Å². The molecule has 1 fully saturated rings. The maximum atomic E-state index is 12.5. The van der Waals surface area contributed by atoms with Gasteiger partial charge in [0.2, 0.25) is 5.43 Å². The van der Waals surface area contributed by atoms with Crippen molar-refractivity contribution in [1.82, 2.24) is 5.32 Å². The van der Waals surface area contributed by atoms with Crippen LogP contribution in [0, 0.1) is 0 Å². The minimum atomic E-state index is 0.00471. The molecule has 0 unspecified atom stereocenters. The highest BCUT2D eigenvalue weighted by molar-refractivity contribution is 5.90. The second-order valence-corrected chi connectivity index (χ2v) is 7.08. The van der Waals surface area contributed by atoms with E-state index in [1.807, 2.05) is 30.3 Å². The monoisotopic (exact) mass is 351 g/mol. The Labute approximate surface area is 153 Å². The molecule has 136 valence electrons. The number of para-hydroxylation sites is 1. The van der Waals surface area contributed by atoms with Crippen LogP contribution in [-0.4, -0.2) is 19.2 Å². The van der Waals surface area contributed by atoms with E-state index in [1.165, 1.54) is 32.1 Å². The highest BCUT2D eigenvalue weighted by Crippen LogP contribution is 2.23. The van der Waals surface area contributed by atoms with E-state index in [-0.39, 0.29) is 5.43 Å². The van der Waals surface area contributed by atoms with Crippen molar-refractivity contribution in [3.63, 3.8) is 0 Å². The third-order valence-electron chi connectivity index (χ3n) is 5.18. The van der Waals surface area contributed by atoms with Crippen molar-refractivity contribution in [2.24, 2.45) is 0 Å². The fraction of sp³-hybridized carbons (Fsp3) is 0.409. The lowest BCUT2D eigenvalue weighted by Crippen LogP contribution is -2.32. The molecule has 1 aromatic heterocycles. The molecule has 4 nitrogen and oxygen atoms in total. The maximum absolute atomic E-state index is 12.5. The van der Waals surface area contributed by atoms with E-state index in [1.54, 1.807) is 12.1 Å². The van der Waals surface area contributed by atoms with Crippen LogP contribution in [0.5, 0.6) is 5.75 Å². The predicted octanol–water partition coefficient (Wildman–Crippen LogP) is 4.64. The van der Waals surface area contributed by atoms with Gasteiger partial charge in [-0.1, -0.05) is 31.4 Å². The van der Waals surface area contributed by atoms with Gasteiger partial charge in [-0.2, -0.15) is 0 Å². The second-order valence-electron chi connectivity index (χ2n) is 7.08. The second kappa shape index (κ2) is 7.92. The summed E-state index contributed by atoms with van der Waals surface area (Å²) in [4.78, 5) is 12.5. The van der Waals surface area contributed by atoms with Gasteiger partial charge in [0.25, 0.3) is 0 Å². The molecule has 1 aliphatic rings. The number of hydrogen-bond acceptors (Lipinski definition) is 4. The van der Waals surface area contributed by atoms with Crippen LogP contribution in [0.4, 0.5) is 0 Å². The Balaban J connectivity index is 1.38. The number of hydrogen-bond donors (Lipinski definition) is 1. The Morgan fingerprint density at radius 1 is 1.00 bits per heavy atom. The Morgan fingerprint density at radius 3 is 2.69 bits per heavy atom.